The number of rotatable bonds is 5. The van der Waals surface area contributed by atoms with Crippen LogP contribution in [0.15, 0.2) is 0 Å². The summed E-state index contributed by atoms with van der Waals surface area (Å²) in [6, 6.07) is 1.42. The molecule has 11 heavy (non-hydrogen) atoms. The highest BCUT2D eigenvalue weighted by Gasteiger charge is 2.13. The fourth-order valence-corrected chi connectivity index (χ4v) is 0.680. The van der Waals surface area contributed by atoms with E-state index < -0.39 is 12.0 Å². The molecule has 0 heterocycles. The largest absolute Gasteiger partial charge is 0.480 e. The van der Waals surface area contributed by atoms with Crippen LogP contribution in [0.3, 0.4) is 0 Å². The average Bonchev–Trinajstić information content (AvgIpc) is 1.97. The second-order valence-corrected chi connectivity index (χ2v) is 2.11. The molecular weight excluding hydrogens is 144 g/mol. The first-order chi connectivity index (χ1) is 5.22. The standard InChI is InChI=1S/C7H12N2O2/c1-2-9-6(7(10)11)4-3-5-8/h1,6,9H,3-5,8H2,(H,10,11). The highest BCUT2D eigenvalue weighted by atomic mass is 16.4. The Morgan fingerprint density at radius 2 is 2.45 bits per heavy atom. The number of carboxylic acids is 1. The van der Waals surface area contributed by atoms with Gasteiger partial charge in [0.1, 0.15) is 6.04 Å². The Balaban J connectivity index is 3.72. The van der Waals surface area contributed by atoms with Crippen LogP contribution in [0.1, 0.15) is 12.8 Å². The van der Waals surface area contributed by atoms with Crippen molar-refractivity contribution < 1.29 is 9.90 Å². The molecule has 1 unspecified atom stereocenters. The van der Waals surface area contributed by atoms with Gasteiger partial charge in [0.2, 0.25) is 0 Å². The predicted octanol–water partition coefficient (Wildman–Crippen LogP) is -0.641. The number of aliphatic carboxylic acids is 1. The summed E-state index contributed by atoms with van der Waals surface area (Å²) >= 11 is 0. The van der Waals surface area contributed by atoms with Crippen molar-refractivity contribution in [2.24, 2.45) is 5.73 Å². The van der Waals surface area contributed by atoms with E-state index in [0.29, 0.717) is 19.4 Å². The molecule has 4 nitrogen and oxygen atoms in total. The molecule has 0 radical (unpaired) electrons. The van der Waals surface area contributed by atoms with Crippen LogP contribution in [-0.4, -0.2) is 23.7 Å². The SMILES string of the molecule is C#CNC(CCCN)C(=O)O. The summed E-state index contributed by atoms with van der Waals surface area (Å²) in [5, 5.41) is 10.9. The van der Waals surface area contributed by atoms with Gasteiger partial charge in [0.25, 0.3) is 0 Å². The molecule has 0 aliphatic heterocycles. The molecule has 0 saturated carbocycles. The van der Waals surface area contributed by atoms with E-state index in [1.165, 1.54) is 0 Å². The summed E-state index contributed by atoms with van der Waals surface area (Å²) in [5.74, 6) is -0.934. The molecular formula is C7H12N2O2. The first-order valence-corrected chi connectivity index (χ1v) is 3.36. The van der Waals surface area contributed by atoms with Crippen LogP contribution in [0.25, 0.3) is 0 Å². The number of hydrogen-bond donors (Lipinski definition) is 3. The second-order valence-electron chi connectivity index (χ2n) is 2.11. The van der Waals surface area contributed by atoms with Crippen molar-refractivity contribution in [1.82, 2.24) is 5.32 Å². The van der Waals surface area contributed by atoms with Crippen LogP contribution >= 0.6 is 0 Å². The maximum atomic E-state index is 10.4. The number of hydrogen-bond acceptors (Lipinski definition) is 3. The molecule has 62 valence electrons. The lowest BCUT2D eigenvalue weighted by Crippen LogP contribution is -2.33. The first-order valence-electron chi connectivity index (χ1n) is 3.36. The molecule has 0 spiro atoms. The molecule has 0 aromatic carbocycles. The molecule has 0 aromatic rings. The lowest BCUT2D eigenvalue weighted by Gasteiger charge is -2.08. The van der Waals surface area contributed by atoms with Gasteiger partial charge in [-0.25, -0.2) is 4.79 Å². The number of terminal acetylenes is 1. The molecule has 0 fully saturated rings. The third kappa shape index (κ3) is 4.23. The molecule has 0 aliphatic carbocycles. The summed E-state index contributed by atoms with van der Waals surface area (Å²) in [5.41, 5.74) is 5.20. The maximum Gasteiger partial charge on any atom is 0.326 e. The lowest BCUT2D eigenvalue weighted by atomic mass is 10.1. The average molecular weight is 156 g/mol. The third-order valence-electron chi connectivity index (χ3n) is 1.25. The van der Waals surface area contributed by atoms with Crippen molar-refractivity contribution in [1.29, 1.82) is 0 Å². The summed E-state index contributed by atoms with van der Waals surface area (Å²) in [6.07, 6.45) is 6.01. The van der Waals surface area contributed by atoms with E-state index in [1.54, 1.807) is 0 Å². The Kier molecular flexibility index (Phi) is 4.95. The maximum absolute atomic E-state index is 10.4. The van der Waals surface area contributed by atoms with Gasteiger partial charge >= 0.3 is 5.97 Å². The van der Waals surface area contributed by atoms with Crippen molar-refractivity contribution in [2.45, 2.75) is 18.9 Å². The van der Waals surface area contributed by atoms with Gasteiger partial charge in [0.15, 0.2) is 0 Å². The molecule has 4 heteroatoms. The Bertz CT molecular complexity index is 162. The normalized spacial score (nSPS) is 11.6. The van der Waals surface area contributed by atoms with Crippen LogP contribution < -0.4 is 11.1 Å². The van der Waals surface area contributed by atoms with Crippen molar-refractivity contribution in [3.05, 3.63) is 0 Å². The number of carbonyl (C=O) groups is 1. The van der Waals surface area contributed by atoms with Crippen LogP contribution in [0.4, 0.5) is 0 Å². The Morgan fingerprint density at radius 3 is 2.82 bits per heavy atom. The second kappa shape index (κ2) is 5.57. The molecule has 0 rings (SSSR count). The van der Waals surface area contributed by atoms with Gasteiger partial charge in [0, 0.05) is 6.04 Å². The molecule has 0 bridgehead atoms. The van der Waals surface area contributed by atoms with Crippen molar-refractivity contribution in [2.75, 3.05) is 6.54 Å². The smallest absolute Gasteiger partial charge is 0.326 e. The number of nitrogens with two attached hydrogens (primary N) is 1. The van der Waals surface area contributed by atoms with E-state index in [9.17, 15) is 4.79 Å². The highest BCUT2D eigenvalue weighted by molar-refractivity contribution is 5.73. The van der Waals surface area contributed by atoms with Gasteiger partial charge in [-0.1, -0.05) is 6.42 Å². The van der Waals surface area contributed by atoms with E-state index in [0.717, 1.165) is 0 Å². The zero-order valence-electron chi connectivity index (χ0n) is 6.21. The summed E-state index contributed by atoms with van der Waals surface area (Å²) < 4.78 is 0. The lowest BCUT2D eigenvalue weighted by molar-refractivity contribution is -0.139. The van der Waals surface area contributed by atoms with E-state index in [1.807, 2.05) is 0 Å². The Morgan fingerprint density at radius 1 is 1.82 bits per heavy atom. The minimum Gasteiger partial charge on any atom is -0.480 e. The zero-order chi connectivity index (χ0) is 8.69. The van der Waals surface area contributed by atoms with E-state index in [4.69, 9.17) is 17.3 Å². The van der Waals surface area contributed by atoms with Gasteiger partial charge in [-0.2, -0.15) is 0 Å². The first kappa shape index (κ1) is 9.79. The quantitative estimate of drug-likeness (QED) is 0.365. The van der Waals surface area contributed by atoms with E-state index >= 15 is 0 Å². The molecule has 1 atom stereocenters. The van der Waals surface area contributed by atoms with Crippen molar-refractivity contribution in [3.63, 3.8) is 0 Å². The monoisotopic (exact) mass is 156 g/mol. The summed E-state index contributed by atoms with van der Waals surface area (Å²) in [7, 11) is 0. The fraction of sp³-hybridized carbons (Fsp3) is 0.571. The zero-order valence-corrected chi connectivity index (χ0v) is 6.21. The van der Waals surface area contributed by atoms with Gasteiger partial charge < -0.3 is 16.2 Å². The fourth-order valence-electron chi connectivity index (χ4n) is 0.680. The van der Waals surface area contributed by atoms with E-state index in [-0.39, 0.29) is 0 Å². The van der Waals surface area contributed by atoms with Crippen LogP contribution in [-0.2, 0) is 4.79 Å². The van der Waals surface area contributed by atoms with E-state index in [2.05, 4.69) is 11.4 Å². The van der Waals surface area contributed by atoms with Crippen molar-refractivity contribution in [3.8, 4) is 12.5 Å². The summed E-state index contributed by atoms with van der Waals surface area (Å²) in [4.78, 5) is 10.4. The predicted molar refractivity (Wildman–Crippen MR) is 41.7 cm³/mol. The molecule has 4 N–H and O–H groups in total. The minimum absolute atomic E-state index is 0.468. The number of nitrogens with one attached hydrogen (secondary N) is 1. The Labute approximate surface area is 65.8 Å². The van der Waals surface area contributed by atoms with Crippen LogP contribution in [0.2, 0.25) is 0 Å². The van der Waals surface area contributed by atoms with Gasteiger partial charge in [0.05, 0.1) is 0 Å². The van der Waals surface area contributed by atoms with Crippen LogP contribution in [0, 0.1) is 12.5 Å². The van der Waals surface area contributed by atoms with Gasteiger partial charge in [-0.15, -0.1) is 0 Å². The van der Waals surface area contributed by atoms with Crippen LogP contribution in [0.5, 0.6) is 0 Å². The highest BCUT2D eigenvalue weighted by Crippen LogP contribution is 1.94. The Hall–Kier alpha value is -1.21. The minimum atomic E-state index is -0.934. The topological polar surface area (TPSA) is 75.3 Å². The molecule has 0 amide bonds. The molecule has 0 aliphatic rings. The summed E-state index contributed by atoms with van der Waals surface area (Å²) in [6.45, 7) is 0.482. The number of carboxylic acid groups (broad SMARTS) is 1. The third-order valence-corrected chi connectivity index (χ3v) is 1.25. The molecule has 0 aromatic heterocycles. The van der Waals surface area contributed by atoms with Gasteiger partial charge in [-0.3, -0.25) is 0 Å². The van der Waals surface area contributed by atoms with Gasteiger partial charge in [-0.05, 0) is 19.4 Å². The molecule has 0 saturated heterocycles. The van der Waals surface area contributed by atoms with Crippen molar-refractivity contribution >= 4 is 5.97 Å².